The molecule has 2 rings (SSSR count). The first-order chi connectivity index (χ1) is 7.98. The third-order valence-electron chi connectivity index (χ3n) is 2.17. The van der Waals surface area contributed by atoms with Crippen molar-refractivity contribution in [1.29, 1.82) is 0 Å². The van der Waals surface area contributed by atoms with Crippen LogP contribution in [0.4, 0.5) is 0 Å². The predicted molar refractivity (Wildman–Crippen MR) is 59.5 cm³/mol. The molecule has 1 heterocycles. The summed E-state index contributed by atoms with van der Waals surface area (Å²) in [6, 6.07) is 9.68. The van der Waals surface area contributed by atoms with E-state index in [4.69, 9.17) is 9.47 Å². The molecular formula is C13H11O4Y-. The van der Waals surface area contributed by atoms with Crippen molar-refractivity contribution in [3.05, 3.63) is 41.5 Å². The van der Waals surface area contributed by atoms with E-state index in [2.05, 4.69) is 6.07 Å². The zero-order valence-corrected chi connectivity index (χ0v) is 12.9. The first-order valence-electron chi connectivity index (χ1n) is 5.12. The molecule has 1 fully saturated rings. The summed E-state index contributed by atoms with van der Waals surface area (Å²) in [5.74, 6) is -2.53. The monoisotopic (exact) mass is 320 g/mol. The third kappa shape index (κ3) is 3.50. The van der Waals surface area contributed by atoms with Gasteiger partial charge in [-0.1, -0.05) is 6.08 Å². The Morgan fingerprint density at radius 2 is 1.61 bits per heavy atom. The fourth-order valence-corrected chi connectivity index (χ4v) is 1.44. The van der Waals surface area contributed by atoms with Gasteiger partial charge in [0.15, 0.2) is 0 Å². The molecule has 0 saturated carbocycles. The first-order valence-corrected chi connectivity index (χ1v) is 5.12. The molecule has 1 radical (unpaired) electrons. The summed E-state index contributed by atoms with van der Waals surface area (Å²) < 4.78 is 9.94. The van der Waals surface area contributed by atoms with E-state index in [9.17, 15) is 9.59 Å². The molecule has 0 atom stereocenters. The fourth-order valence-electron chi connectivity index (χ4n) is 1.44. The maximum absolute atomic E-state index is 11.6. The second-order valence-electron chi connectivity index (χ2n) is 4.07. The van der Waals surface area contributed by atoms with Crippen LogP contribution >= 0.6 is 0 Å². The van der Waals surface area contributed by atoms with E-state index in [1.165, 1.54) is 19.9 Å². The molecule has 0 amide bonds. The van der Waals surface area contributed by atoms with Gasteiger partial charge in [-0.05, 0) is 0 Å². The summed E-state index contributed by atoms with van der Waals surface area (Å²) in [5.41, 5.74) is 0.614. The molecule has 1 saturated heterocycles. The maximum Gasteiger partial charge on any atom is 0.348 e. The van der Waals surface area contributed by atoms with E-state index in [-0.39, 0.29) is 38.3 Å². The van der Waals surface area contributed by atoms with Crippen molar-refractivity contribution >= 4 is 18.0 Å². The van der Waals surface area contributed by atoms with Crippen LogP contribution in [0, 0.1) is 6.07 Å². The molecule has 0 N–H and O–H groups in total. The number of carbonyl (C=O) groups is 2. The summed E-state index contributed by atoms with van der Waals surface area (Å²) in [6.07, 6.45) is 1.44. The molecule has 1 aromatic carbocycles. The average Bonchev–Trinajstić information content (AvgIpc) is 2.24. The Morgan fingerprint density at radius 1 is 1.11 bits per heavy atom. The van der Waals surface area contributed by atoms with Crippen LogP contribution in [0.15, 0.2) is 29.8 Å². The molecule has 91 valence electrons. The molecule has 1 aliphatic heterocycles. The van der Waals surface area contributed by atoms with Crippen LogP contribution in [0.5, 0.6) is 0 Å². The summed E-state index contributed by atoms with van der Waals surface area (Å²) in [4.78, 5) is 23.3. The summed E-state index contributed by atoms with van der Waals surface area (Å²) >= 11 is 0. The van der Waals surface area contributed by atoms with E-state index >= 15 is 0 Å². The minimum absolute atomic E-state index is 0. The van der Waals surface area contributed by atoms with Gasteiger partial charge < -0.3 is 9.47 Å². The topological polar surface area (TPSA) is 52.6 Å². The van der Waals surface area contributed by atoms with Crippen molar-refractivity contribution in [3.63, 3.8) is 0 Å². The molecular weight excluding hydrogens is 309 g/mol. The number of cyclic esters (lactones) is 2. The van der Waals surface area contributed by atoms with E-state index in [0.29, 0.717) is 5.56 Å². The maximum atomic E-state index is 11.6. The number of rotatable bonds is 1. The zero-order valence-electron chi connectivity index (χ0n) is 10.1. The largest absolute Gasteiger partial charge is 0.419 e. The van der Waals surface area contributed by atoms with Gasteiger partial charge in [0, 0.05) is 46.6 Å². The molecule has 4 nitrogen and oxygen atoms in total. The molecule has 0 unspecified atom stereocenters. The van der Waals surface area contributed by atoms with Crippen LogP contribution in [0.3, 0.4) is 0 Å². The zero-order chi connectivity index (χ0) is 12.5. The summed E-state index contributed by atoms with van der Waals surface area (Å²) in [7, 11) is 0. The minimum Gasteiger partial charge on any atom is -0.419 e. The standard InChI is InChI=1S/C13H11O4.Y/c1-13(2)16-11(14)10(12(15)17-13)8-9-6-4-3-5-7-9;/h4-8H,1-2H3;/q-1;. The van der Waals surface area contributed by atoms with Crippen molar-refractivity contribution in [2.75, 3.05) is 0 Å². The van der Waals surface area contributed by atoms with E-state index in [1.807, 2.05) is 0 Å². The Hall–Kier alpha value is -0.996. The summed E-state index contributed by atoms with van der Waals surface area (Å²) in [6.45, 7) is 3.02. The van der Waals surface area contributed by atoms with Crippen LogP contribution in [0.2, 0.25) is 0 Å². The van der Waals surface area contributed by atoms with Crippen molar-refractivity contribution in [2.24, 2.45) is 0 Å². The second-order valence-corrected chi connectivity index (χ2v) is 4.07. The summed E-state index contributed by atoms with van der Waals surface area (Å²) in [5, 5.41) is 0. The van der Waals surface area contributed by atoms with E-state index in [1.54, 1.807) is 24.3 Å². The van der Waals surface area contributed by atoms with Crippen molar-refractivity contribution < 1.29 is 51.8 Å². The van der Waals surface area contributed by atoms with Crippen molar-refractivity contribution in [2.45, 2.75) is 19.6 Å². The van der Waals surface area contributed by atoms with Crippen molar-refractivity contribution in [3.8, 4) is 0 Å². The van der Waals surface area contributed by atoms with Gasteiger partial charge in [-0.25, -0.2) is 9.59 Å². The van der Waals surface area contributed by atoms with Gasteiger partial charge in [-0.2, -0.15) is 30.3 Å². The molecule has 1 aromatic rings. The molecule has 0 spiro atoms. The van der Waals surface area contributed by atoms with Gasteiger partial charge >= 0.3 is 11.9 Å². The number of hydrogen-bond donors (Lipinski definition) is 0. The van der Waals surface area contributed by atoms with Crippen molar-refractivity contribution in [1.82, 2.24) is 0 Å². The predicted octanol–water partition coefficient (Wildman–Crippen LogP) is 1.70. The van der Waals surface area contributed by atoms with Crippen LogP contribution < -0.4 is 0 Å². The minimum atomic E-state index is -1.20. The molecule has 5 heteroatoms. The molecule has 0 aliphatic carbocycles. The van der Waals surface area contributed by atoms with Crippen LogP contribution in [-0.4, -0.2) is 17.7 Å². The Balaban J connectivity index is 0.00000162. The number of esters is 2. The number of ether oxygens (including phenoxy) is 2. The quantitative estimate of drug-likeness (QED) is 0.342. The molecule has 1 aliphatic rings. The van der Waals surface area contributed by atoms with Gasteiger partial charge in [-0.15, -0.1) is 5.56 Å². The number of benzene rings is 1. The van der Waals surface area contributed by atoms with Gasteiger partial charge in [0.2, 0.25) is 0 Å². The smallest absolute Gasteiger partial charge is 0.348 e. The Labute approximate surface area is 130 Å². The molecule has 18 heavy (non-hydrogen) atoms. The van der Waals surface area contributed by atoms with Gasteiger partial charge in [0.05, 0.1) is 0 Å². The molecule has 0 aromatic heterocycles. The van der Waals surface area contributed by atoms with Crippen LogP contribution in [0.25, 0.3) is 6.08 Å². The third-order valence-corrected chi connectivity index (χ3v) is 2.17. The SMILES string of the molecule is CC1(C)OC(=O)C(=Cc2cc[c-]cc2)C(=O)O1.[Y]. The van der Waals surface area contributed by atoms with E-state index < -0.39 is 17.7 Å². The Morgan fingerprint density at radius 3 is 2.11 bits per heavy atom. The average molecular weight is 320 g/mol. The van der Waals surface area contributed by atoms with Gasteiger partial charge in [-0.3, -0.25) is 0 Å². The van der Waals surface area contributed by atoms with Crippen LogP contribution in [-0.2, 0) is 51.8 Å². The number of carbonyl (C=O) groups excluding carboxylic acids is 2. The number of hydrogen-bond acceptors (Lipinski definition) is 4. The normalized spacial score (nSPS) is 17.3. The van der Waals surface area contributed by atoms with E-state index in [0.717, 1.165) is 0 Å². The first kappa shape index (κ1) is 15.1. The molecule has 0 bridgehead atoms. The second kappa shape index (κ2) is 5.76. The van der Waals surface area contributed by atoms with Gasteiger partial charge in [0.1, 0.15) is 5.57 Å². The van der Waals surface area contributed by atoms with Gasteiger partial charge in [0.25, 0.3) is 5.79 Å². The van der Waals surface area contributed by atoms with Crippen LogP contribution in [0.1, 0.15) is 19.4 Å². The fraction of sp³-hybridized carbons (Fsp3) is 0.231. The Bertz CT molecular complexity index is 469. The Kier molecular flexibility index (Phi) is 4.82.